The van der Waals surface area contributed by atoms with Gasteiger partial charge in [0.2, 0.25) is 11.9 Å². The molecule has 1 amide bonds. The van der Waals surface area contributed by atoms with Crippen LogP contribution >= 0.6 is 0 Å². The van der Waals surface area contributed by atoms with Crippen molar-refractivity contribution in [1.82, 2.24) is 24.8 Å². The van der Waals surface area contributed by atoms with Gasteiger partial charge in [0.1, 0.15) is 5.82 Å². The maximum Gasteiger partial charge on any atom is 0.225 e. The number of fused-ring (bicyclic) bond motifs is 1. The quantitative estimate of drug-likeness (QED) is 0.681. The Hall–Kier alpha value is -2.96. The van der Waals surface area contributed by atoms with Crippen molar-refractivity contribution < 1.29 is 4.79 Å². The number of amides is 1. The van der Waals surface area contributed by atoms with Gasteiger partial charge in [0.15, 0.2) is 0 Å². The van der Waals surface area contributed by atoms with Gasteiger partial charge in [-0.2, -0.15) is 0 Å². The Kier molecular flexibility index (Phi) is 5.94. The van der Waals surface area contributed by atoms with E-state index in [1.54, 1.807) is 0 Å². The number of carbonyl (C=O) groups is 1. The Balaban J connectivity index is 1.53. The molecule has 1 fully saturated rings. The molecule has 4 rings (SSSR count). The first-order valence-corrected chi connectivity index (χ1v) is 11.1. The van der Waals surface area contributed by atoms with E-state index in [0.717, 1.165) is 53.6 Å². The van der Waals surface area contributed by atoms with Crippen LogP contribution in [0.1, 0.15) is 49.9 Å². The average Bonchev–Trinajstić information content (AvgIpc) is 3.07. The maximum absolute atomic E-state index is 13.3. The molecule has 1 aliphatic heterocycles. The van der Waals surface area contributed by atoms with Crippen molar-refractivity contribution in [2.45, 2.75) is 46.6 Å². The molecule has 0 spiro atoms. The number of para-hydroxylation sites is 2. The lowest BCUT2D eigenvalue weighted by atomic mass is 9.95. The van der Waals surface area contributed by atoms with Crippen LogP contribution < -0.4 is 10.2 Å². The van der Waals surface area contributed by atoms with Gasteiger partial charge < -0.3 is 14.8 Å². The number of rotatable bonds is 5. The van der Waals surface area contributed by atoms with Crippen LogP contribution in [0.2, 0.25) is 0 Å². The van der Waals surface area contributed by atoms with E-state index in [4.69, 9.17) is 4.98 Å². The van der Waals surface area contributed by atoms with Gasteiger partial charge in [-0.15, -0.1) is 0 Å². The molecular weight excluding hydrogens is 388 g/mol. The first-order valence-electron chi connectivity index (χ1n) is 11.1. The van der Waals surface area contributed by atoms with Gasteiger partial charge in [0, 0.05) is 31.5 Å². The molecule has 1 N–H and O–H groups in total. The second kappa shape index (κ2) is 8.65. The molecular formula is C24H32N6O. The normalized spacial score (nSPS) is 17.9. The number of nitrogens with one attached hydrogen (secondary N) is 1. The minimum Gasteiger partial charge on any atom is -0.346 e. The summed E-state index contributed by atoms with van der Waals surface area (Å²) in [7, 11) is 2.02. The third-order valence-electron chi connectivity index (χ3n) is 6.11. The van der Waals surface area contributed by atoms with E-state index in [9.17, 15) is 4.79 Å². The average molecular weight is 421 g/mol. The molecule has 0 bridgehead atoms. The Morgan fingerprint density at radius 2 is 1.84 bits per heavy atom. The number of imidazole rings is 1. The summed E-state index contributed by atoms with van der Waals surface area (Å²) in [4.78, 5) is 29.5. The zero-order chi connectivity index (χ0) is 22.1. The number of aryl methyl sites for hydroxylation is 3. The number of aromatic nitrogens is 4. The predicted molar refractivity (Wildman–Crippen MR) is 123 cm³/mol. The standard InChI is InChI=1S/C24H32N6O/c1-15(2)21(22-27-19-10-6-7-11-20(19)29(22)5)28-23(31)18-9-8-12-30(14-18)24-25-16(3)13-17(4)26-24/h6-7,10-11,13,15,18,21H,8-9,12,14H2,1-5H3,(H,28,31)/t18-,21+/m0/s1. The maximum atomic E-state index is 13.3. The Bertz CT molecular complexity index is 1070. The highest BCUT2D eigenvalue weighted by molar-refractivity contribution is 5.80. The second-order valence-electron chi connectivity index (χ2n) is 8.98. The van der Waals surface area contributed by atoms with E-state index < -0.39 is 0 Å². The molecule has 0 saturated carbocycles. The van der Waals surface area contributed by atoms with Gasteiger partial charge in [-0.3, -0.25) is 4.79 Å². The van der Waals surface area contributed by atoms with Crippen LogP contribution in [0, 0.1) is 25.7 Å². The van der Waals surface area contributed by atoms with Gasteiger partial charge in [0.05, 0.1) is 23.0 Å². The summed E-state index contributed by atoms with van der Waals surface area (Å²) >= 11 is 0. The molecule has 3 aromatic rings. The zero-order valence-corrected chi connectivity index (χ0v) is 19.1. The van der Waals surface area contributed by atoms with Crippen LogP contribution in [0.3, 0.4) is 0 Å². The van der Waals surface area contributed by atoms with Crippen LogP contribution in [-0.2, 0) is 11.8 Å². The molecule has 0 unspecified atom stereocenters. The molecule has 1 aliphatic rings. The Labute approximate surface area is 183 Å². The number of anilines is 1. The van der Waals surface area contributed by atoms with Crippen molar-refractivity contribution in [3.8, 4) is 0 Å². The van der Waals surface area contributed by atoms with E-state index in [-0.39, 0.29) is 23.8 Å². The third kappa shape index (κ3) is 4.40. The molecule has 31 heavy (non-hydrogen) atoms. The van der Waals surface area contributed by atoms with Gasteiger partial charge in [-0.1, -0.05) is 26.0 Å². The molecule has 7 heteroatoms. The van der Waals surface area contributed by atoms with Crippen molar-refractivity contribution in [3.05, 3.63) is 47.5 Å². The Morgan fingerprint density at radius 1 is 1.13 bits per heavy atom. The number of carbonyl (C=O) groups excluding carboxylic acids is 1. The van der Waals surface area contributed by atoms with Crippen LogP contribution in [0.15, 0.2) is 30.3 Å². The van der Waals surface area contributed by atoms with Crippen molar-refractivity contribution in [2.75, 3.05) is 18.0 Å². The molecule has 1 aromatic carbocycles. The minimum absolute atomic E-state index is 0.0832. The molecule has 7 nitrogen and oxygen atoms in total. The fraction of sp³-hybridized carbons (Fsp3) is 0.500. The van der Waals surface area contributed by atoms with Crippen molar-refractivity contribution in [1.29, 1.82) is 0 Å². The van der Waals surface area contributed by atoms with Gasteiger partial charge in [0.25, 0.3) is 0 Å². The smallest absolute Gasteiger partial charge is 0.225 e. The first-order chi connectivity index (χ1) is 14.8. The van der Waals surface area contributed by atoms with Crippen LogP contribution in [0.5, 0.6) is 0 Å². The first kappa shape index (κ1) is 21.3. The monoisotopic (exact) mass is 420 g/mol. The van der Waals surface area contributed by atoms with Crippen molar-refractivity contribution in [3.63, 3.8) is 0 Å². The summed E-state index contributed by atoms with van der Waals surface area (Å²) in [6, 6.07) is 9.92. The number of piperidine rings is 1. The summed E-state index contributed by atoms with van der Waals surface area (Å²) in [6.45, 7) is 9.74. The lowest BCUT2D eigenvalue weighted by Gasteiger charge is -2.33. The summed E-state index contributed by atoms with van der Waals surface area (Å²) < 4.78 is 2.09. The van der Waals surface area contributed by atoms with E-state index in [1.165, 1.54) is 0 Å². The molecule has 3 heterocycles. The lowest BCUT2D eigenvalue weighted by Crippen LogP contribution is -2.45. The predicted octanol–water partition coefficient (Wildman–Crippen LogP) is 3.71. The van der Waals surface area contributed by atoms with Gasteiger partial charge in [-0.05, 0) is 50.8 Å². The van der Waals surface area contributed by atoms with Gasteiger partial charge >= 0.3 is 0 Å². The summed E-state index contributed by atoms with van der Waals surface area (Å²) in [5.74, 6) is 1.84. The highest BCUT2D eigenvalue weighted by Crippen LogP contribution is 2.27. The minimum atomic E-state index is -0.141. The molecule has 164 valence electrons. The van der Waals surface area contributed by atoms with Crippen LogP contribution in [-0.4, -0.2) is 38.5 Å². The summed E-state index contributed by atoms with van der Waals surface area (Å²) in [5, 5.41) is 3.31. The van der Waals surface area contributed by atoms with Crippen LogP contribution in [0.25, 0.3) is 11.0 Å². The number of hydrogen-bond donors (Lipinski definition) is 1. The molecule has 1 saturated heterocycles. The van der Waals surface area contributed by atoms with E-state index in [2.05, 4.69) is 44.7 Å². The molecule has 2 atom stereocenters. The molecule has 0 radical (unpaired) electrons. The third-order valence-corrected chi connectivity index (χ3v) is 6.11. The van der Waals surface area contributed by atoms with Crippen molar-refractivity contribution >= 4 is 22.9 Å². The summed E-state index contributed by atoms with van der Waals surface area (Å²) in [6.07, 6.45) is 1.83. The number of nitrogens with zero attached hydrogens (tertiary/aromatic N) is 5. The number of hydrogen-bond acceptors (Lipinski definition) is 5. The largest absolute Gasteiger partial charge is 0.346 e. The lowest BCUT2D eigenvalue weighted by molar-refractivity contribution is -0.126. The van der Waals surface area contributed by atoms with E-state index >= 15 is 0 Å². The number of benzene rings is 1. The summed E-state index contributed by atoms with van der Waals surface area (Å²) in [5.41, 5.74) is 3.94. The highest BCUT2D eigenvalue weighted by atomic mass is 16.2. The Morgan fingerprint density at radius 3 is 2.52 bits per heavy atom. The van der Waals surface area contributed by atoms with Crippen LogP contribution in [0.4, 0.5) is 5.95 Å². The van der Waals surface area contributed by atoms with E-state index in [0.29, 0.717) is 6.54 Å². The van der Waals surface area contributed by atoms with Gasteiger partial charge in [-0.25, -0.2) is 15.0 Å². The molecule has 2 aromatic heterocycles. The molecule has 0 aliphatic carbocycles. The second-order valence-corrected chi connectivity index (χ2v) is 8.98. The highest BCUT2D eigenvalue weighted by Gasteiger charge is 2.31. The SMILES string of the molecule is Cc1cc(C)nc(N2CCC[C@H](C(=O)N[C@@H](c3nc4ccccc4n3C)C(C)C)C2)n1. The van der Waals surface area contributed by atoms with E-state index in [1.807, 2.05) is 45.2 Å². The zero-order valence-electron chi connectivity index (χ0n) is 19.1. The fourth-order valence-corrected chi connectivity index (χ4v) is 4.46. The fourth-order valence-electron chi connectivity index (χ4n) is 4.46. The topological polar surface area (TPSA) is 75.9 Å². The van der Waals surface area contributed by atoms with Crippen molar-refractivity contribution in [2.24, 2.45) is 18.9 Å².